The Morgan fingerprint density at radius 1 is 1.06 bits per heavy atom. The maximum absolute atomic E-state index is 12.7. The van der Waals surface area contributed by atoms with Crippen molar-refractivity contribution in [3.63, 3.8) is 0 Å². The van der Waals surface area contributed by atoms with Gasteiger partial charge in [0.25, 0.3) is 17.3 Å². The highest BCUT2D eigenvalue weighted by Gasteiger charge is 2.26. The lowest BCUT2D eigenvalue weighted by Crippen LogP contribution is -2.43. The molecule has 0 saturated carbocycles. The molecule has 1 aromatic heterocycles. The highest BCUT2D eigenvalue weighted by atomic mass is 16.6. The van der Waals surface area contributed by atoms with Gasteiger partial charge in [-0.3, -0.25) is 25.0 Å². The summed E-state index contributed by atoms with van der Waals surface area (Å²) in [5.74, 6) is -1.57. The number of benzene rings is 2. The van der Waals surface area contributed by atoms with Crippen LogP contribution in [0.3, 0.4) is 0 Å². The number of nitro benzene ring substituents is 2. The molecule has 1 heterocycles. The molecule has 3 aromatic rings. The summed E-state index contributed by atoms with van der Waals surface area (Å²) in [7, 11) is 0. The quantitative estimate of drug-likeness (QED) is 0.318. The molecule has 0 aliphatic heterocycles. The first-order valence-corrected chi connectivity index (χ1v) is 9.26. The van der Waals surface area contributed by atoms with Gasteiger partial charge in [-0.15, -0.1) is 0 Å². The zero-order chi connectivity index (χ0) is 22.5. The summed E-state index contributed by atoms with van der Waals surface area (Å²) in [5, 5.41) is 25.5. The lowest BCUT2D eigenvalue weighted by atomic mass is 10.1. The third-order valence-corrected chi connectivity index (χ3v) is 4.47. The van der Waals surface area contributed by atoms with Crippen molar-refractivity contribution < 1.29 is 24.2 Å². The Bertz CT molecular complexity index is 1110. The molecule has 2 N–H and O–H groups in total. The minimum absolute atomic E-state index is 0.0657. The number of hydrogen-bond acceptors (Lipinski definition) is 7. The van der Waals surface area contributed by atoms with E-state index in [-0.39, 0.29) is 18.6 Å². The molecule has 1 unspecified atom stereocenters. The molecule has 0 fully saturated rings. The Labute approximate surface area is 175 Å². The average Bonchev–Trinajstić information content (AvgIpc) is 3.15. The molecular weight excluding hydrogens is 408 g/mol. The predicted molar refractivity (Wildman–Crippen MR) is 110 cm³/mol. The van der Waals surface area contributed by atoms with Crippen molar-refractivity contribution in [2.75, 3.05) is 6.61 Å². The van der Waals surface area contributed by atoms with Gasteiger partial charge >= 0.3 is 5.97 Å². The van der Waals surface area contributed by atoms with Gasteiger partial charge in [-0.1, -0.05) is 18.2 Å². The van der Waals surface area contributed by atoms with Crippen LogP contribution in [-0.2, 0) is 16.0 Å². The lowest BCUT2D eigenvalue weighted by Gasteiger charge is -2.17. The zero-order valence-electron chi connectivity index (χ0n) is 16.4. The van der Waals surface area contributed by atoms with E-state index in [1.165, 1.54) is 0 Å². The third-order valence-electron chi connectivity index (χ3n) is 4.47. The summed E-state index contributed by atoms with van der Waals surface area (Å²) in [6.07, 6.45) is 0.0657. The highest BCUT2D eigenvalue weighted by molar-refractivity contribution is 5.98. The average molecular weight is 426 g/mol. The first-order chi connectivity index (χ1) is 14.8. The van der Waals surface area contributed by atoms with Crippen LogP contribution in [0.15, 0.2) is 48.5 Å². The fourth-order valence-corrected chi connectivity index (χ4v) is 3.08. The summed E-state index contributed by atoms with van der Waals surface area (Å²) in [5.41, 5.74) is -0.0255. The predicted octanol–water partition coefficient (Wildman–Crippen LogP) is 2.89. The second kappa shape index (κ2) is 9.03. The van der Waals surface area contributed by atoms with Gasteiger partial charge in [-0.2, -0.15) is 0 Å². The smallest absolute Gasteiger partial charge is 0.329 e. The van der Waals surface area contributed by atoms with Crippen LogP contribution in [0.2, 0.25) is 0 Å². The van der Waals surface area contributed by atoms with Crippen LogP contribution in [0, 0.1) is 20.2 Å². The van der Waals surface area contributed by atoms with Gasteiger partial charge in [-0.05, 0) is 24.4 Å². The first kappa shape index (κ1) is 21.4. The zero-order valence-corrected chi connectivity index (χ0v) is 16.4. The van der Waals surface area contributed by atoms with Gasteiger partial charge in [0.1, 0.15) is 6.04 Å². The van der Waals surface area contributed by atoms with Crippen molar-refractivity contribution in [3.8, 4) is 0 Å². The van der Waals surface area contributed by atoms with Crippen LogP contribution in [0.1, 0.15) is 23.0 Å². The molecule has 0 bridgehead atoms. The lowest BCUT2D eigenvalue weighted by molar-refractivity contribution is -0.394. The van der Waals surface area contributed by atoms with Gasteiger partial charge in [0.2, 0.25) is 0 Å². The molecule has 3 rings (SSSR count). The summed E-state index contributed by atoms with van der Waals surface area (Å²) in [6.45, 7) is 1.70. The number of fused-ring (bicyclic) bond motifs is 1. The van der Waals surface area contributed by atoms with Crippen LogP contribution >= 0.6 is 0 Å². The number of esters is 1. The van der Waals surface area contributed by atoms with Crippen molar-refractivity contribution in [3.05, 3.63) is 80.0 Å². The van der Waals surface area contributed by atoms with Crippen LogP contribution in [0.4, 0.5) is 11.4 Å². The Kier molecular flexibility index (Phi) is 6.24. The van der Waals surface area contributed by atoms with Gasteiger partial charge < -0.3 is 15.0 Å². The van der Waals surface area contributed by atoms with Crippen LogP contribution < -0.4 is 5.32 Å². The number of carbonyl (C=O) groups is 2. The van der Waals surface area contributed by atoms with E-state index >= 15 is 0 Å². The third kappa shape index (κ3) is 5.01. The van der Waals surface area contributed by atoms with E-state index in [2.05, 4.69) is 10.3 Å². The summed E-state index contributed by atoms with van der Waals surface area (Å²) >= 11 is 0. The fourth-order valence-electron chi connectivity index (χ4n) is 3.08. The van der Waals surface area contributed by atoms with Gasteiger partial charge in [-0.25, -0.2) is 4.79 Å². The van der Waals surface area contributed by atoms with Crippen LogP contribution in [0.5, 0.6) is 0 Å². The number of hydrogen-bond donors (Lipinski definition) is 2. The number of para-hydroxylation sites is 1. The second-order valence-electron chi connectivity index (χ2n) is 6.62. The van der Waals surface area contributed by atoms with E-state index in [1.54, 1.807) is 6.92 Å². The normalized spacial score (nSPS) is 11.6. The van der Waals surface area contributed by atoms with Gasteiger partial charge in [0, 0.05) is 29.8 Å². The maximum Gasteiger partial charge on any atom is 0.329 e. The number of amides is 1. The number of nitro groups is 2. The van der Waals surface area contributed by atoms with Gasteiger partial charge in [0.15, 0.2) is 0 Å². The van der Waals surface area contributed by atoms with Gasteiger partial charge in [0.05, 0.1) is 28.1 Å². The monoisotopic (exact) mass is 426 g/mol. The topological polar surface area (TPSA) is 157 Å². The Morgan fingerprint density at radius 2 is 1.71 bits per heavy atom. The number of nitrogens with zero attached hydrogens (tertiary/aromatic N) is 2. The standard InChI is InChI=1S/C20H18N4O7/c1-2-31-20(26)18(10-14-7-12-5-3-4-6-17(12)21-14)22-19(25)13-8-15(23(27)28)11-16(9-13)24(29)30/h3-9,11,18,21H,2,10H2,1H3,(H,22,25). The van der Waals surface area contributed by atoms with Crippen molar-refractivity contribution in [1.29, 1.82) is 0 Å². The number of aromatic amines is 1. The molecule has 2 aromatic carbocycles. The molecule has 160 valence electrons. The van der Waals surface area contributed by atoms with Crippen molar-refractivity contribution >= 4 is 34.2 Å². The van der Waals surface area contributed by atoms with E-state index in [9.17, 15) is 29.8 Å². The molecule has 11 heteroatoms. The fraction of sp³-hybridized carbons (Fsp3) is 0.200. The van der Waals surface area contributed by atoms with Crippen molar-refractivity contribution in [2.45, 2.75) is 19.4 Å². The maximum atomic E-state index is 12.7. The van der Waals surface area contributed by atoms with Crippen LogP contribution in [0.25, 0.3) is 10.9 Å². The highest BCUT2D eigenvalue weighted by Crippen LogP contribution is 2.23. The second-order valence-corrected chi connectivity index (χ2v) is 6.62. The van der Waals surface area contributed by atoms with E-state index in [0.717, 1.165) is 29.1 Å². The van der Waals surface area contributed by atoms with E-state index in [1.807, 2.05) is 30.3 Å². The first-order valence-electron chi connectivity index (χ1n) is 9.26. The largest absolute Gasteiger partial charge is 0.464 e. The number of carbonyl (C=O) groups excluding carboxylic acids is 2. The number of non-ortho nitro benzene ring substituents is 2. The summed E-state index contributed by atoms with van der Waals surface area (Å²) < 4.78 is 5.03. The summed E-state index contributed by atoms with van der Waals surface area (Å²) in [6, 6.07) is 10.7. The number of nitrogens with one attached hydrogen (secondary N) is 2. The van der Waals surface area contributed by atoms with E-state index in [0.29, 0.717) is 5.69 Å². The van der Waals surface area contributed by atoms with Crippen molar-refractivity contribution in [1.82, 2.24) is 10.3 Å². The molecule has 0 aliphatic rings. The SMILES string of the molecule is CCOC(=O)C(Cc1cc2ccccc2[nH]1)NC(=O)c1cc([N+](=O)[O-])cc([N+](=O)[O-])c1. The van der Waals surface area contributed by atoms with E-state index < -0.39 is 39.1 Å². The molecule has 0 saturated heterocycles. The Hall–Kier alpha value is -4.28. The van der Waals surface area contributed by atoms with E-state index in [4.69, 9.17) is 4.74 Å². The number of H-pyrrole nitrogens is 1. The Morgan fingerprint density at radius 3 is 2.29 bits per heavy atom. The molecular formula is C20H18N4O7. The molecule has 11 nitrogen and oxygen atoms in total. The summed E-state index contributed by atoms with van der Waals surface area (Å²) in [4.78, 5) is 48.7. The molecule has 1 amide bonds. The number of rotatable bonds is 8. The number of aromatic nitrogens is 1. The Balaban J connectivity index is 1.88. The van der Waals surface area contributed by atoms with Crippen molar-refractivity contribution in [2.24, 2.45) is 0 Å². The van der Waals surface area contributed by atoms with Crippen LogP contribution in [-0.4, -0.2) is 39.4 Å². The number of ether oxygens (including phenoxy) is 1. The molecule has 0 spiro atoms. The molecule has 0 radical (unpaired) electrons. The molecule has 1 atom stereocenters. The molecule has 31 heavy (non-hydrogen) atoms. The minimum atomic E-state index is -1.11. The minimum Gasteiger partial charge on any atom is -0.464 e. The molecule has 0 aliphatic carbocycles.